The molecule has 1 amide bonds. The van der Waals surface area contributed by atoms with Crippen LogP contribution in [0.25, 0.3) is 16.8 Å². The van der Waals surface area contributed by atoms with Crippen LogP contribution in [0.15, 0.2) is 60.9 Å². The van der Waals surface area contributed by atoms with E-state index < -0.39 is 5.82 Å². The summed E-state index contributed by atoms with van der Waals surface area (Å²) in [6.45, 7) is 0. The van der Waals surface area contributed by atoms with Crippen molar-refractivity contribution in [2.45, 2.75) is 12.8 Å². The Morgan fingerprint density at radius 1 is 1.06 bits per heavy atom. The summed E-state index contributed by atoms with van der Waals surface area (Å²) in [6.07, 6.45) is 3.17. The first kappa shape index (κ1) is 20.5. The summed E-state index contributed by atoms with van der Waals surface area (Å²) < 4.78 is 22.2. The van der Waals surface area contributed by atoms with Crippen LogP contribution in [-0.2, 0) is 12.8 Å². The maximum atomic E-state index is 14.9. The molecule has 158 valence electrons. The van der Waals surface area contributed by atoms with E-state index in [1.165, 1.54) is 11.0 Å². The number of para-hydroxylation sites is 1. The highest BCUT2D eigenvalue weighted by Gasteiger charge is 2.16. The first-order valence-electron chi connectivity index (χ1n) is 9.94. The number of aryl methyl sites for hydroxylation is 2. The van der Waals surface area contributed by atoms with Gasteiger partial charge in [0.15, 0.2) is 5.65 Å². The van der Waals surface area contributed by atoms with Gasteiger partial charge in [-0.1, -0.05) is 24.3 Å². The van der Waals surface area contributed by atoms with Crippen molar-refractivity contribution in [2.75, 3.05) is 21.2 Å². The van der Waals surface area contributed by atoms with Gasteiger partial charge in [0, 0.05) is 36.5 Å². The molecule has 2 heterocycles. The minimum absolute atomic E-state index is 0.246. The van der Waals surface area contributed by atoms with E-state index in [2.05, 4.69) is 10.2 Å². The molecule has 0 aliphatic carbocycles. The van der Waals surface area contributed by atoms with Crippen LogP contribution in [0.4, 0.5) is 4.39 Å². The van der Waals surface area contributed by atoms with Gasteiger partial charge in [-0.25, -0.2) is 4.39 Å². The second-order valence-corrected chi connectivity index (χ2v) is 7.47. The zero-order chi connectivity index (χ0) is 22.0. The number of pyridine rings is 1. The molecule has 2 aromatic carbocycles. The molecule has 0 bridgehead atoms. The molecule has 0 atom stereocenters. The Bertz CT molecular complexity index is 1250. The SMILES string of the molecule is COc1ccccc1CCc1ccc(-c2ccc(C(=O)N(C)C)cc2F)c2nncn12. The predicted octanol–water partition coefficient (Wildman–Crippen LogP) is 4.03. The third-order valence-electron chi connectivity index (χ3n) is 5.30. The molecule has 0 radical (unpaired) electrons. The number of benzene rings is 2. The van der Waals surface area contributed by atoms with E-state index in [0.29, 0.717) is 22.3 Å². The van der Waals surface area contributed by atoms with Crippen LogP contribution in [0.5, 0.6) is 5.75 Å². The van der Waals surface area contributed by atoms with Crippen LogP contribution < -0.4 is 4.74 Å². The Kier molecular flexibility index (Phi) is 5.66. The van der Waals surface area contributed by atoms with Crippen molar-refractivity contribution in [1.29, 1.82) is 0 Å². The molecule has 0 aliphatic heterocycles. The smallest absolute Gasteiger partial charge is 0.253 e. The summed E-state index contributed by atoms with van der Waals surface area (Å²) in [7, 11) is 4.94. The molecule has 0 saturated heterocycles. The Morgan fingerprint density at radius 2 is 1.84 bits per heavy atom. The largest absolute Gasteiger partial charge is 0.496 e. The van der Waals surface area contributed by atoms with Gasteiger partial charge in [0.2, 0.25) is 0 Å². The van der Waals surface area contributed by atoms with E-state index in [1.807, 2.05) is 40.8 Å². The number of nitrogens with zero attached hydrogens (tertiary/aromatic N) is 4. The van der Waals surface area contributed by atoms with Crippen LogP contribution in [0, 0.1) is 5.82 Å². The topological polar surface area (TPSA) is 59.7 Å². The van der Waals surface area contributed by atoms with Crippen molar-refractivity contribution in [2.24, 2.45) is 0 Å². The van der Waals surface area contributed by atoms with E-state index in [1.54, 1.807) is 39.7 Å². The Labute approximate surface area is 179 Å². The molecule has 4 aromatic rings. The molecule has 0 unspecified atom stereocenters. The molecule has 7 heteroatoms. The lowest BCUT2D eigenvalue weighted by Crippen LogP contribution is -2.21. The van der Waals surface area contributed by atoms with Gasteiger partial charge < -0.3 is 9.64 Å². The highest BCUT2D eigenvalue weighted by molar-refractivity contribution is 5.94. The van der Waals surface area contributed by atoms with Crippen molar-refractivity contribution >= 4 is 11.6 Å². The van der Waals surface area contributed by atoms with Gasteiger partial charge in [-0.15, -0.1) is 10.2 Å². The lowest BCUT2D eigenvalue weighted by Gasteiger charge is -2.13. The van der Waals surface area contributed by atoms with Gasteiger partial charge in [-0.2, -0.15) is 0 Å². The average molecular weight is 418 g/mol. The number of methoxy groups -OCH3 is 1. The second-order valence-electron chi connectivity index (χ2n) is 7.47. The van der Waals surface area contributed by atoms with E-state index in [-0.39, 0.29) is 5.91 Å². The average Bonchev–Trinajstić information content (AvgIpc) is 3.27. The zero-order valence-electron chi connectivity index (χ0n) is 17.7. The summed E-state index contributed by atoms with van der Waals surface area (Å²) in [5, 5.41) is 8.26. The predicted molar refractivity (Wildman–Crippen MR) is 117 cm³/mol. The lowest BCUT2D eigenvalue weighted by atomic mass is 10.0. The molecule has 0 aliphatic rings. The molecule has 31 heavy (non-hydrogen) atoms. The third-order valence-corrected chi connectivity index (χ3v) is 5.30. The molecule has 0 saturated carbocycles. The summed E-state index contributed by atoms with van der Waals surface area (Å²) in [6, 6.07) is 16.2. The van der Waals surface area contributed by atoms with Crippen LogP contribution in [0.2, 0.25) is 0 Å². The van der Waals surface area contributed by atoms with E-state index in [4.69, 9.17) is 4.74 Å². The quantitative estimate of drug-likeness (QED) is 0.474. The number of fused-ring (bicyclic) bond motifs is 1. The summed E-state index contributed by atoms with van der Waals surface area (Å²) in [5.74, 6) is 0.137. The number of hydrogen-bond acceptors (Lipinski definition) is 4. The Hall–Kier alpha value is -3.74. The fourth-order valence-corrected chi connectivity index (χ4v) is 3.67. The highest BCUT2D eigenvalue weighted by Crippen LogP contribution is 2.28. The first-order valence-corrected chi connectivity index (χ1v) is 9.94. The van der Waals surface area contributed by atoms with Crippen molar-refractivity contribution in [3.63, 3.8) is 0 Å². The number of carbonyl (C=O) groups excluding carboxylic acids is 1. The normalized spacial score (nSPS) is 11.0. The van der Waals surface area contributed by atoms with Crippen LogP contribution in [0.3, 0.4) is 0 Å². The summed E-state index contributed by atoms with van der Waals surface area (Å²) >= 11 is 0. The van der Waals surface area contributed by atoms with E-state index >= 15 is 0 Å². The number of hydrogen-bond donors (Lipinski definition) is 0. The molecule has 0 spiro atoms. The number of ether oxygens (including phenoxy) is 1. The van der Waals surface area contributed by atoms with Crippen molar-refractivity contribution < 1.29 is 13.9 Å². The summed E-state index contributed by atoms with van der Waals surface area (Å²) in [4.78, 5) is 13.5. The fourth-order valence-electron chi connectivity index (χ4n) is 3.67. The summed E-state index contributed by atoms with van der Waals surface area (Å²) in [5.41, 5.74) is 4.00. The van der Waals surface area contributed by atoms with E-state index in [9.17, 15) is 9.18 Å². The molecule has 6 nitrogen and oxygen atoms in total. The van der Waals surface area contributed by atoms with Crippen LogP contribution in [-0.4, -0.2) is 46.6 Å². The van der Waals surface area contributed by atoms with Gasteiger partial charge in [-0.05, 0) is 48.7 Å². The van der Waals surface area contributed by atoms with Gasteiger partial charge in [0.05, 0.1) is 7.11 Å². The zero-order valence-corrected chi connectivity index (χ0v) is 17.7. The fraction of sp³-hybridized carbons (Fsp3) is 0.208. The number of amides is 1. The first-order chi connectivity index (χ1) is 15.0. The minimum Gasteiger partial charge on any atom is -0.496 e. The number of aromatic nitrogens is 3. The number of carbonyl (C=O) groups is 1. The molecular formula is C24H23FN4O2. The van der Waals surface area contributed by atoms with Crippen molar-refractivity contribution in [3.8, 4) is 16.9 Å². The van der Waals surface area contributed by atoms with Crippen LogP contribution >= 0.6 is 0 Å². The monoisotopic (exact) mass is 418 g/mol. The molecule has 2 aromatic heterocycles. The van der Waals surface area contributed by atoms with Crippen LogP contribution in [0.1, 0.15) is 21.6 Å². The van der Waals surface area contributed by atoms with Gasteiger partial charge in [-0.3, -0.25) is 9.20 Å². The van der Waals surface area contributed by atoms with Gasteiger partial charge >= 0.3 is 0 Å². The molecule has 4 rings (SSSR count). The highest BCUT2D eigenvalue weighted by atomic mass is 19.1. The van der Waals surface area contributed by atoms with Crippen molar-refractivity contribution in [1.82, 2.24) is 19.5 Å². The molecule has 0 fully saturated rings. The maximum absolute atomic E-state index is 14.9. The molecular weight excluding hydrogens is 395 g/mol. The standard InChI is InChI=1S/C24H23FN4O2/c1-28(2)24(30)17-9-12-19(21(25)14-17)20-13-11-18(29-15-26-27-23(20)29)10-8-16-6-4-5-7-22(16)31-3/h4-7,9,11-15H,8,10H2,1-3H3. The van der Waals surface area contributed by atoms with Crippen molar-refractivity contribution in [3.05, 3.63) is 83.6 Å². The van der Waals surface area contributed by atoms with Gasteiger partial charge in [0.25, 0.3) is 5.91 Å². The maximum Gasteiger partial charge on any atom is 0.253 e. The third kappa shape index (κ3) is 3.99. The van der Waals surface area contributed by atoms with E-state index in [0.717, 1.165) is 29.8 Å². The Morgan fingerprint density at radius 3 is 2.58 bits per heavy atom. The Balaban J connectivity index is 1.66. The second kappa shape index (κ2) is 8.55. The number of rotatable bonds is 6. The minimum atomic E-state index is -0.473. The van der Waals surface area contributed by atoms with Gasteiger partial charge in [0.1, 0.15) is 17.9 Å². The number of halogens is 1. The molecule has 0 N–H and O–H groups in total. The lowest BCUT2D eigenvalue weighted by molar-refractivity contribution is 0.0827.